The number of aryl methyl sites for hydroxylation is 1. The summed E-state index contributed by atoms with van der Waals surface area (Å²) in [6.45, 7) is 1.63. The summed E-state index contributed by atoms with van der Waals surface area (Å²) < 4.78 is 75.1. The van der Waals surface area contributed by atoms with Crippen LogP contribution in [0.1, 0.15) is 56.1 Å². The lowest BCUT2D eigenvalue weighted by molar-refractivity contribution is -0.192. The highest BCUT2D eigenvalue weighted by molar-refractivity contribution is 5.80. The van der Waals surface area contributed by atoms with E-state index in [1.807, 2.05) is 0 Å². The minimum absolute atomic E-state index is 0.0843. The Hall–Kier alpha value is -3.08. The average Bonchev–Trinajstić information content (AvgIpc) is 3.71. The molecule has 3 N–H and O–H groups in total. The van der Waals surface area contributed by atoms with Crippen molar-refractivity contribution in [1.82, 2.24) is 10.9 Å². The third-order valence-electron chi connectivity index (χ3n) is 8.02. The van der Waals surface area contributed by atoms with Crippen molar-refractivity contribution in [3.8, 4) is 11.1 Å². The first-order valence-corrected chi connectivity index (χ1v) is 12.9. The molecule has 2 aromatic rings. The molecule has 1 aliphatic heterocycles. The maximum atomic E-state index is 14.9. The molecule has 3 fully saturated rings. The van der Waals surface area contributed by atoms with E-state index in [4.69, 9.17) is 9.90 Å². The van der Waals surface area contributed by atoms with E-state index in [0.717, 1.165) is 44.9 Å². The lowest BCUT2D eigenvalue weighted by Crippen LogP contribution is -2.63. The van der Waals surface area contributed by atoms with Gasteiger partial charge in [-0.1, -0.05) is 6.07 Å². The van der Waals surface area contributed by atoms with E-state index < -0.39 is 23.8 Å². The molecule has 3 aliphatic rings. The monoisotopic (exact) mass is 556 g/mol. The SMILES string of the molecule is Cc1cc(-c2cc(F)c(CC3CCC4(CC3)CC(C3CC3)C(=O)NN4)c(F)c2)ccc1F.O=C(O)C(F)(F)F. The second-order valence-electron chi connectivity index (χ2n) is 10.9. The van der Waals surface area contributed by atoms with Crippen LogP contribution in [0.3, 0.4) is 0 Å². The van der Waals surface area contributed by atoms with Crippen LogP contribution in [0.15, 0.2) is 30.3 Å². The van der Waals surface area contributed by atoms with E-state index in [-0.39, 0.29) is 34.7 Å². The number of nitrogens with one attached hydrogen (secondary N) is 2. The van der Waals surface area contributed by atoms with Gasteiger partial charge in [0.25, 0.3) is 0 Å². The zero-order chi connectivity index (χ0) is 28.5. The number of carboxylic acid groups (broad SMARTS) is 1. The molecule has 5 rings (SSSR count). The van der Waals surface area contributed by atoms with Gasteiger partial charge >= 0.3 is 12.1 Å². The summed E-state index contributed by atoms with van der Waals surface area (Å²) in [5.41, 5.74) is 7.67. The van der Waals surface area contributed by atoms with Gasteiger partial charge in [-0.25, -0.2) is 23.4 Å². The molecule has 1 saturated heterocycles. The van der Waals surface area contributed by atoms with Gasteiger partial charge in [-0.15, -0.1) is 0 Å². The maximum absolute atomic E-state index is 14.9. The van der Waals surface area contributed by atoms with Crippen LogP contribution in [0, 0.1) is 42.1 Å². The quantitative estimate of drug-likeness (QED) is 0.390. The van der Waals surface area contributed by atoms with Crippen LogP contribution >= 0.6 is 0 Å². The van der Waals surface area contributed by atoms with Crippen LogP contribution in [0.25, 0.3) is 11.1 Å². The minimum Gasteiger partial charge on any atom is -0.475 e. The number of hydrogen-bond acceptors (Lipinski definition) is 3. The van der Waals surface area contributed by atoms with Crippen LogP contribution in [-0.4, -0.2) is 28.7 Å². The minimum atomic E-state index is -5.08. The van der Waals surface area contributed by atoms with Crippen LogP contribution in [-0.2, 0) is 16.0 Å². The average molecular weight is 557 g/mol. The van der Waals surface area contributed by atoms with Crippen LogP contribution in [0.4, 0.5) is 26.3 Å². The molecule has 5 nitrogen and oxygen atoms in total. The highest BCUT2D eigenvalue weighted by atomic mass is 19.4. The number of carbonyl (C=O) groups excluding carboxylic acids is 1. The van der Waals surface area contributed by atoms with Gasteiger partial charge in [0.1, 0.15) is 17.5 Å². The topological polar surface area (TPSA) is 78.4 Å². The van der Waals surface area contributed by atoms with Crippen molar-refractivity contribution in [2.24, 2.45) is 17.8 Å². The number of amides is 1. The fourth-order valence-corrected chi connectivity index (χ4v) is 5.57. The number of aliphatic carboxylic acids is 1. The predicted molar refractivity (Wildman–Crippen MR) is 131 cm³/mol. The summed E-state index contributed by atoms with van der Waals surface area (Å²) in [7, 11) is 0. The Kier molecular flexibility index (Phi) is 8.30. The van der Waals surface area contributed by atoms with Crippen molar-refractivity contribution in [3.05, 3.63) is 58.9 Å². The van der Waals surface area contributed by atoms with Gasteiger partial charge in [-0.2, -0.15) is 13.2 Å². The van der Waals surface area contributed by atoms with E-state index in [2.05, 4.69) is 10.9 Å². The summed E-state index contributed by atoms with van der Waals surface area (Å²) in [5, 5.41) is 7.12. The molecule has 2 aromatic carbocycles. The number of carbonyl (C=O) groups is 2. The second kappa shape index (κ2) is 11.2. The molecule has 2 aliphatic carbocycles. The summed E-state index contributed by atoms with van der Waals surface area (Å²) in [6, 6.07) is 7.18. The summed E-state index contributed by atoms with van der Waals surface area (Å²) >= 11 is 0. The molecule has 11 heteroatoms. The first-order valence-electron chi connectivity index (χ1n) is 12.9. The van der Waals surface area contributed by atoms with E-state index in [0.29, 0.717) is 29.0 Å². The van der Waals surface area contributed by atoms with Crippen molar-refractivity contribution in [2.45, 2.75) is 70.0 Å². The van der Waals surface area contributed by atoms with Gasteiger partial charge in [0.15, 0.2) is 0 Å². The zero-order valence-electron chi connectivity index (χ0n) is 21.3. The molecule has 1 amide bonds. The molecule has 39 heavy (non-hydrogen) atoms. The highest BCUT2D eigenvalue weighted by Gasteiger charge is 2.47. The summed E-state index contributed by atoms with van der Waals surface area (Å²) in [4.78, 5) is 21.1. The third-order valence-corrected chi connectivity index (χ3v) is 8.02. The lowest BCUT2D eigenvalue weighted by Gasteiger charge is -2.46. The molecule has 1 atom stereocenters. The van der Waals surface area contributed by atoms with Gasteiger partial charge < -0.3 is 5.11 Å². The van der Waals surface area contributed by atoms with Gasteiger partial charge in [-0.3, -0.25) is 10.2 Å². The van der Waals surface area contributed by atoms with E-state index in [1.165, 1.54) is 18.2 Å². The first kappa shape index (κ1) is 28.9. The number of alkyl halides is 3. The van der Waals surface area contributed by atoms with E-state index >= 15 is 0 Å². The molecule has 212 valence electrons. The molecule has 1 unspecified atom stereocenters. The number of carboxylic acids is 1. The lowest BCUT2D eigenvalue weighted by atomic mass is 9.69. The van der Waals surface area contributed by atoms with Crippen molar-refractivity contribution < 1.29 is 41.0 Å². The number of hydrogen-bond donors (Lipinski definition) is 3. The Morgan fingerprint density at radius 3 is 2.08 bits per heavy atom. The second-order valence-corrected chi connectivity index (χ2v) is 10.9. The van der Waals surface area contributed by atoms with Gasteiger partial charge in [-0.05, 0) is 111 Å². The first-order chi connectivity index (χ1) is 18.3. The Morgan fingerprint density at radius 2 is 1.56 bits per heavy atom. The Balaban J connectivity index is 0.000000448. The Labute approximate surface area is 221 Å². The fraction of sp³-hybridized carbons (Fsp3) is 0.500. The molecule has 0 bridgehead atoms. The standard InChI is InChI=1S/C26H29F3N2O.C2HF3O2/c1-15-10-18(4-5-22(15)27)19-12-23(28)20(24(29)13-19)11-16-6-8-26(9-7-16)14-21(17-2-3-17)25(32)30-31-26;3-2(4,5)1(6)7/h4-5,10,12-13,16-17,21,31H,2-3,6-9,11,14H2,1H3,(H,30,32);(H,6,7). The Bertz CT molecular complexity index is 1210. The van der Waals surface area contributed by atoms with E-state index in [1.54, 1.807) is 19.1 Å². The number of hydrazine groups is 1. The zero-order valence-corrected chi connectivity index (χ0v) is 21.3. The predicted octanol–water partition coefficient (Wildman–Crippen LogP) is 6.23. The number of benzene rings is 2. The Morgan fingerprint density at radius 1 is 0.974 bits per heavy atom. The number of rotatable bonds is 4. The largest absolute Gasteiger partial charge is 0.490 e. The molecule has 1 spiro atoms. The van der Waals surface area contributed by atoms with Gasteiger partial charge in [0.05, 0.1) is 0 Å². The van der Waals surface area contributed by atoms with E-state index in [9.17, 15) is 31.1 Å². The van der Waals surface area contributed by atoms with Gasteiger partial charge in [0.2, 0.25) is 5.91 Å². The molecular weight excluding hydrogens is 526 g/mol. The molecule has 1 heterocycles. The fourth-order valence-electron chi connectivity index (χ4n) is 5.57. The van der Waals surface area contributed by atoms with Crippen molar-refractivity contribution in [1.29, 1.82) is 0 Å². The number of halogens is 6. The molecule has 0 radical (unpaired) electrons. The van der Waals surface area contributed by atoms with Crippen LogP contribution in [0.5, 0.6) is 0 Å². The normalized spacial score (nSPS) is 25.1. The molecule has 2 saturated carbocycles. The van der Waals surface area contributed by atoms with Crippen molar-refractivity contribution in [3.63, 3.8) is 0 Å². The van der Waals surface area contributed by atoms with Crippen molar-refractivity contribution in [2.75, 3.05) is 0 Å². The maximum Gasteiger partial charge on any atom is 0.490 e. The van der Waals surface area contributed by atoms with Crippen LogP contribution < -0.4 is 10.9 Å². The summed E-state index contributed by atoms with van der Waals surface area (Å²) in [6.07, 6.45) is 1.98. The molecule has 0 aromatic heterocycles. The third kappa shape index (κ3) is 6.93. The van der Waals surface area contributed by atoms with Crippen LogP contribution in [0.2, 0.25) is 0 Å². The highest BCUT2D eigenvalue weighted by Crippen LogP contribution is 2.46. The van der Waals surface area contributed by atoms with Gasteiger partial charge in [0, 0.05) is 17.0 Å². The molecular formula is C28H30F6N2O3. The van der Waals surface area contributed by atoms with Crippen molar-refractivity contribution >= 4 is 11.9 Å². The summed E-state index contributed by atoms with van der Waals surface area (Å²) in [5.74, 6) is -3.23. The smallest absolute Gasteiger partial charge is 0.475 e.